The molecule has 4 heteroatoms. The fraction of sp³-hybridized carbons (Fsp3) is 0.250. The molecule has 0 aliphatic heterocycles. The number of ether oxygens (including phenoxy) is 1. The first-order valence-corrected chi connectivity index (χ1v) is 5.14. The van der Waals surface area contributed by atoms with Crippen LogP contribution >= 0.6 is 11.6 Å². The average molecular weight is 239 g/mol. The highest BCUT2D eigenvalue weighted by atomic mass is 35.5. The van der Waals surface area contributed by atoms with Crippen LogP contribution in [0.5, 0.6) is 5.75 Å². The first kappa shape index (κ1) is 12.4. The van der Waals surface area contributed by atoms with Crippen molar-refractivity contribution in [1.29, 1.82) is 0 Å². The number of rotatable bonds is 2. The third-order valence-corrected chi connectivity index (χ3v) is 1.96. The molecule has 0 saturated carbocycles. The van der Waals surface area contributed by atoms with Gasteiger partial charge in [0.05, 0.1) is 12.2 Å². The molecule has 0 aliphatic rings. The van der Waals surface area contributed by atoms with Gasteiger partial charge in [0.2, 0.25) is 0 Å². The van der Waals surface area contributed by atoms with Gasteiger partial charge in [-0.3, -0.25) is 4.79 Å². The van der Waals surface area contributed by atoms with Gasteiger partial charge in [0.25, 0.3) is 0 Å². The molecule has 0 fully saturated rings. The van der Waals surface area contributed by atoms with Gasteiger partial charge in [-0.1, -0.05) is 23.4 Å². The number of hydrogen-bond donors (Lipinski definition) is 1. The number of carbonyl (C=O) groups excluding carboxylic acids is 1. The molecule has 3 nitrogen and oxygen atoms in total. The predicted molar refractivity (Wildman–Crippen MR) is 61.2 cm³/mol. The average Bonchev–Trinajstić information content (AvgIpc) is 2.22. The maximum atomic E-state index is 11.0. The van der Waals surface area contributed by atoms with Crippen LogP contribution in [0.25, 0.3) is 0 Å². The minimum Gasteiger partial charge on any atom is -0.507 e. The zero-order valence-corrected chi connectivity index (χ0v) is 9.54. The molecule has 0 saturated heterocycles. The summed E-state index contributed by atoms with van der Waals surface area (Å²) in [6.45, 7) is 2.07. The van der Waals surface area contributed by atoms with E-state index in [0.29, 0.717) is 17.2 Å². The summed E-state index contributed by atoms with van der Waals surface area (Å²) in [6, 6.07) is 4.61. The summed E-state index contributed by atoms with van der Waals surface area (Å²) in [7, 11) is 0. The highest BCUT2D eigenvalue weighted by molar-refractivity contribution is 6.30. The first-order valence-electron chi connectivity index (χ1n) is 4.76. The minimum absolute atomic E-state index is 0.00357. The number of hydrogen-bond acceptors (Lipinski definition) is 3. The zero-order valence-electron chi connectivity index (χ0n) is 8.79. The number of halogens is 1. The number of phenolic OH excluding ortho intramolecular Hbond substituents is 1. The molecule has 0 unspecified atom stereocenters. The Hall–Kier alpha value is -1.66. The molecule has 16 heavy (non-hydrogen) atoms. The quantitative estimate of drug-likeness (QED) is 0.636. The Bertz CT molecular complexity index is 443. The second-order valence-corrected chi connectivity index (χ2v) is 3.38. The van der Waals surface area contributed by atoms with E-state index in [4.69, 9.17) is 16.3 Å². The lowest BCUT2D eigenvalue weighted by Gasteiger charge is -1.97. The Morgan fingerprint density at radius 1 is 1.56 bits per heavy atom. The van der Waals surface area contributed by atoms with Gasteiger partial charge in [0.15, 0.2) is 0 Å². The van der Waals surface area contributed by atoms with Crippen molar-refractivity contribution in [2.45, 2.75) is 13.3 Å². The van der Waals surface area contributed by atoms with Gasteiger partial charge in [-0.05, 0) is 25.1 Å². The van der Waals surface area contributed by atoms with E-state index in [-0.39, 0.29) is 18.1 Å². The van der Waals surface area contributed by atoms with Crippen LogP contribution < -0.4 is 0 Å². The number of carbonyl (C=O) groups is 1. The number of aromatic hydroxyl groups is 1. The van der Waals surface area contributed by atoms with Crippen molar-refractivity contribution in [3.8, 4) is 17.6 Å². The summed E-state index contributed by atoms with van der Waals surface area (Å²) < 4.78 is 4.70. The normalized spacial score (nSPS) is 9.12. The largest absolute Gasteiger partial charge is 0.507 e. The van der Waals surface area contributed by atoms with Crippen molar-refractivity contribution in [2.24, 2.45) is 0 Å². The van der Waals surface area contributed by atoms with E-state index in [0.717, 1.165) is 0 Å². The fourth-order valence-corrected chi connectivity index (χ4v) is 1.20. The fourth-order valence-electron chi connectivity index (χ4n) is 1.03. The summed E-state index contributed by atoms with van der Waals surface area (Å²) in [5.41, 5.74) is 0.439. The molecule has 1 aromatic carbocycles. The van der Waals surface area contributed by atoms with Crippen LogP contribution in [-0.4, -0.2) is 17.7 Å². The van der Waals surface area contributed by atoms with Crippen molar-refractivity contribution in [1.82, 2.24) is 0 Å². The lowest BCUT2D eigenvalue weighted by Crippen LogP contribution is -2.01. The molecule has 0 heterocycles. The first-order chi connectivity index (χ1) is 7.63. The van der Waals surface area contributed by atoms with Gasteiger partial charge in [-0.15, -0.1) is 0 Å². The van der Waals surface area contributed by atoms with E-state index in [9.17, 15) is 9.90 Å². The van der Waals surface area contributed by atoms with Gasteiger partial charge in [-0.25, -0.2) is 0 Å². The highest BCUT2D eigenvalue weighted by Gasteiger charge is 1.99. The van der Waals surface area contributed by atoms with Crippen molar-refractivity contribution in [3.63, 3.8) is 0 Å². The standard InChI is InChI=1S/C12H11ClO3/c1-2-16-12(15)5-3-4-9-6-7-10(13)8-11(9)14/h6-8,14H,2,5H2,1H3. The third kappa shape index (κ3) is 3.84. The van der Waals surface area contributed by atoms with E-state index < -0.39 is 0 Å². The molecule has 1 aromatic rings. The van der Waals surface area contributed by atoms with Crippen LogP contribution in [-0.2, 0) is 9.53 Å². The molecule has 1 N–H and O–H groups in total. The van der Waals surface area contributed by atoms with E-state index in [1.54, 1.807) is 19.1 Å². The SMILES string of the molecule is CCOC(=O)CC#Cc1ccc(Cl)cc1O. The summed E-state index contributed by atoms with van der Waals surface area (Å²) in [5, 5.41) is 9.90. The highest BCUT2D eigenvalue weighted by Crippen LogP contribution is 2.20. The Morgan fingerprint density at radius 2 is 2.31 bits per heavy atom. The Labute approximate surface area is 99.0 Å². The molecule has 0 atom stereocenters. The predicted octanol–water partition coefficient (Wildman–Crippen LogP) is 2.35. The van der Waals surface area contributed by atoms with Crippen LogP contribution in [0.15, 0.2) is 18.2 Å². The van der Waals surface area contributed by atoms with Crippen molar-refractivity contribution >= 4 is 17.6 Å². The Balaban J connectivity index is 2.66. The summed E-state index contributed by atoms with van der Waals surface area (Å²) >= 11 is 5.66. The molecule has 0 spiro atoms. The maximum Gasteiger partial charge on any atom is 0.317 e. The number of phenols is 1. The van der Waals surface area contributed by atoms with Crippen molar-refractivity contribution in [3.05, 3.63) is 28.8 Å². The monoisotopic (exact) mass is 238 g/mol. The summed E-state index contributed by atoms with van der Waals surface area (Å²) in [5.74, 6) is 4.92. The van der Waals surface area contributed by atoms with Crippen LogP contribution in [0.3, 0.4) is 0 Å². The van der Waals surface area contributed by atoms with E-state index in [2.05, 4.69) is 11.8 Å². The molecule has 0 aliphatic carbocycles. The topological polar surface area (TPSA) is 46.5 Å². The van der Waals surface area contributed by atoms with E-state index in [1.807, 2.05) is 0 Å². The lowest BCUT2D eigenvalue weighted by molar-refractivity contribution is -0.141. The third-order valence-electron chi connectivity index (χ3n) is 1.72. The van der Waals surface area contributed by atoms with Gasteiger partial charge in [0.1, 0.15) is 12.2 Å². The Morgan fingerprint density at radius 3 is 2.94 bits per heavy atom. The maximum absolute atomic E-state index is 11.0. The molecule has 0 radical (unpaired) electrons. The minimum atomic E-state index is -0.372. The van der Waals surface area contributed by atoms with Gasteiger partial charge >= 0.3 is 5.97 Å². The van der Waals surface area contributed by atoms with Crippen molar-refractivity contribution < 1.29 is 14.6 Å². The molecule has 0 bridgehead atoms. The molecule has 0 aromatic heterocycles. The second-order valence-electron chi connectivity index (χ2n) is 2.95. The second kappa shape index (κ2) is 6.04. The van der Waals surface area contributed by atoms with Crippen LogP contribution in [0.1, 0.15) is 18.9 Å². The van der Waals surface area contributed by atoms with Gasteiger partial charge < -0.3 is 9.84 Å². The zero-order chi connectivity index (χ0) is 12.0. The van der Waals surface area contributed by atoms with Gasteiger partial charge in [0, 0.05) is 5.02 Å². The number of esters is 1. The Kier molecular flexibility index (Phi) is 4.68. The summed E-state index contributed by atoms with van der Waals surface area (Å²) in [4.78, 5) is 11.0. The van der Waals surface area contributed by atoms with Crippen LogP contribution in [0.2, 0.25) is 5.02 Å². The van der Waals surface area contributed by atoms with Crippen LogP contribution in [0.4, 0.5) is 0 Å². The van der Waals surface area contributed by atoms with Crippen LogP contribution in [0, 0.1) is 11.8 Å². The lowest BCUT2D eigenvalue weighted by atomic mass is 10.2. The van der Waals surface area contributed by atoms with Crippen molar-refractivity contribution in [2.75, 3.05) is 6.61 Å². The van der Waals surface area contributed by atoms with Gasteiger partial charge in [-0.2, -0.15) is 0 Å². The molecular formula is C12H11ClO3. The van der Waals surface area contributed by atoms with E-state index >= 15 is 0 Å². The van der Waals surface area contributed by atoms with E-state index in [1.165, 1.54) is 6.07 Å². The summed E-state index contributed by atoms with van der Waals surface area (Å²) in [6.07, 6.45) is 0.00983. The smallest absolute Gasteiger partial charge is 0.317 e. The molecular weight excluding hydrogens is 228 g/mol. The number of benzene rings is 1. The molecule has 0 amide bonds. The molecule has 84 valence electrons. The molecule has 1 rings (SSSR count).